The molecule has 2 aromatic rings. The van der Waals surface area contributed by atoms with Gasteiger partial charge in [-0.2, -0.15) is 5.26 Å². The number of ether oxygens (including phenoxy) is 1. The van der Waals surface area contributed by atoms with Gasteiger partial charge in [-0.3, -0.25) is 4.79 Å². The van der Waals surface area contributed by atoms with Crippen LogP contribution in [0.5, 0.6) is 5.75 Å². The summed E-state index contributed by atoms with van der Waals surface area (Å²) in [4.78, 5) is 11.9. The molecule has 0 aliphatic rings. The van der Waals surface area contributed by atoms with Gasteiger partial charge < -0.3 is 15.2 Å². The number of hydrogen-bond donors (Lipinski definition) is 2. The minimum atomic E-state index is -4.84. The zero-order valence-corrected chi connectivity index (χ0v) is 16.2. The van der Waals surface area contributed by atoms with Gasteiger partial charge in [0.05, 0.1) is 23.5 Å². The van der Waals surface area contributed by atoms with E-state index in [-0.39, 0.29) is 12.1 Å². The van der Waals surface area contributed by atoms with Crippen LogP contribution in [0.4, 0.5) is 13.2 Å². The van der Waals surface area contributed by atoms with Crippen molar-refractivity contribution in [1.29, 1.82) is 5.26 Å². The number of alkyl halides is 3. The zero-order chi connectivity index (χ0) is 22.4. The van der Waals surface area contributed by atoms with Gasteiger partial charge in [-0.1, -0.05) is 24.3 Å². The number of amides is 1. The highest BCUT2D eigenvalue weighted by atomic mass is 32.2. The second-order valence-corrected chi connectivity index (χ2v) is 8.34. The van der Waals surface area contributed by atoms with Crippen LogP contribution in [0.25, 0.3) is 0 Å². The molecule has 0 radical (unpaired) electrons. The van der Waals surface area contributed by atoms with Crippen molar-refractivity contribution in [2.45, 2.75) is 18.2 Å². The van der Waals surface area contributed by atoms with Crippen LogP contribution in [0, 0.1) is 11.3 Å². The van der Waals surface area contributed by atoms with E-state index in [9.17, 15) is 31.5 Å². The third-order valence-corrected chi connectivity index (χ3v) is 5.29. The van der Waals surface area contributed by atoms with Crippen LogP contribution in [0.2, 0.25) is 0 Å². The molecule has 2 rings (SSSR count). The third-order valence-electron chi connectivity index (χ3n) is 3.81. The smallest absolute Gasteiger partial charge is 0.406 e. The van der Waals surface area contributed by atoms with E-state index >= 15 is 0 Å². The van der Waals surface area contributed by atoms with Gasteiger partial charge in [0, 0.05) is 6.54 Å². The van der Waals surface area contributed by atoms with E-state index in [1.165, 1.54) is 36.4 Å². The summed E-state index contributed by atoms with van der Waals surface area (Å²) in [5.41, 5.74) is 1.01. The average molecular weight is 442 g/mol. The summed E-state index contributed by atoms with van der Waals surface area (Å²) >= 11 is 0. The number of nitriles is 1. The number of hydrogen-bond acceptors (Lipinski definition) is 6. The lowest BCUT2D eigenvalue weighted by Crippen LogP contribution is -2.33. The van der Waals surface area contributed by atoms with Crippen LogP contribution in [0.1, 0.15) is 22.8 Å². The SMILES string of the molecule is N#Cc1ccc(CS(=O)(=O)CC(=O)NCC(O)c2ccc(OC(F)(F)F)cc2)cc1. The summed E-state index contributed by atoms with van der Waals surface area (Å²) in [6.45, 7) is -0.329. The quantitative estimate of drug-likeness (QED) is 0.648. The van der Waals surface area contributed by atoms with Crippen molar-refractivity contribution in [3.8, 4) is 11.8 Å². The van der Waals surface area contributed by atoms with E-state index in [0.29, 0.717) is 11.1 Å². The van der Waals surface area contributed by atoms with Gasteiger partial charge in [0.1, 0.15) is 11.5 Å². The summed E-state index contributed by atoms with van der Waals surface area (Å²) in [6.07, 6.45) is -6.09. The maximum absolute atomic E-state index is 12.1. The fraction of sp³-hybridized carbons (Fsp3) is 0.263. The number of nitrogens with one attached hydrogen (secondary N) is 1. The molecule has 1 atom stereocenters. The second-order valence-electron chi connectivity index (χ2n) is 6.28. The first kappa shape index (κ1) is 23.2. The lowest BCUT2D eigenvalue weighted by atomic mass is 10.1. The maximum atomic E-state index is 12.1. The van der Waals surface area contributed by atoms with Gasteiger partial charge in [-0.05, 0) is 35.4 Å². The van der Waals surface area contributed by atoms with Crippen molar-refractivity contribution in [3.63, 3.8) is 0 Å². The van der Waals surface area contributed by atoms with Gasteiger partial charge in [-0.25, -0.2) is 8.42 Å². The van der Waals surface area contributed by atoms with E-state index in [0.717, 1.165) is 12.1 Å². The number of rotatable bonds is 8. The Morgan fingerprint density at radius 1 is 1.13 bits per heavy atom. The number of aliphatic hydroxyl groups is 1. The number of halogens is 3. The van der Waals surface area contributed by atoms with E-state index in [2.05, 4.69) is 10.1 Å². The molecule has 30 heavy (non-hydrogen) atoms. The van der Waals surface area contributed by atoms with E-state index in [1.807, 2.05) is 6.07 Å². The van der Waals surface area contributed by atoms with Crippen molar-refractivity contribution >= 4 is 15.7 Å². The standard InChI is InChI=1S/C19H17F3N2O5S/c20-19(21,22)29-16-7-5-15(6-8-16)17(25)10-24-18(26)12-30(27,28)11-14-3-1-13(9-23)2-4-14/h1-8,17,25H,10-12H2,(H,24,26). The fourth-order valence-corrected chi connectivity index (χ4v) is 3.76. The highest BCUT2D eigenvalue weighted by molar-refractivity contribution is 7.91. The molecule has 160 valence electrons. The number of nitrogens with zero attached hydrogens (tertiary/aromatic N) is 1. The Morgan fingerprint density at radius 2 is 1.73 bits per heavy atom. The lowest BCUT2D eigenvalue weighted by Gasteiger charge is -2.14. The molecular formula is C19H17F3N2O5S. The Labute approximate surface area is 170 Å². The molecule has 0 saturated heterocycles. The Kier molecular flexibility index (Phi) is 7.42. The molecule has 0 aliphatic heterocycles. The van der Waals surface area contributed by atoms with E-state index in [1.54, 1.807) is 0 Å². The van der Waals surface area contributed by atoms with Crippen molar-refractivity contribution in [1.82, 2.24) is 5.32 Å². The molecule has 0 fully saturated rings. The topological polar surface area (TPSA) is 116 Å². The van der Waals surface area contributed by atoms with E-state index < -0.39 is 45.5 Å². The summed E-state index contributed by atoms with van der Waals surface area (Å²) in [5, 5.41) is 21.0. The second kappa shape index (κ2) is 9.60. The molecule has 0 aromatic heterocycles. The first-order valence-electron chi connectivity index (χ1n) is 8.47. The summed E-state index contributed by atoms with van der Waals surface area (Å²) in [6, 6.07) is 12.2. The van der Waals surface area contributed by atoms with E-state index in [4.69, 9.17) is 5.26 Å². The van der Waals surface area contributed by atoms with Crippen LogP contribution in [-0.2, 0) is 20.4 Å². The molecule has 0 aliphatic carbocycles. The summed E-state index contributed by atoms with van der Waals surface area (Å²) < 4.78 is 64.4. The molecule has 2 aromatic carbocycles. The summed E-state index contributed by atoms with van der Waals surface area (Å²) in [5.74, 6) is -2.50. The Balaban J connectivity index is 1.86. The average Bonchev–Trinajstić information content (AvgIpc) is 2.65. The first-order valence-corrected chi connectivity index (χ1v) is 10.3. The lowest BCUT2D eigenvalue weighted by molar-refractivity contribution is -0.274. The molecule has 0 bridgehead atoms. The molecular weight excluding hydrogens is 425 g/mol. The molecule has 1 unspecified atom stereocenters. The van der Waals surface area contributed by atoms with Crippen LogP contribution in [0.3, 0.4) is 0 Å². The number of benzene rings is 2. The van der Waals surface area contributed by atoms with Gasteiger partial charge >= 0.3 is 6.36 Å². The molecule has 2 N–H and O–H groups in total. The molecule has 0 heterocycles. The van der Waals surface area contributed by atoms with Crippen molar-refractivity contribution < 1.29 is 36.2 Å². The Bertz CT molecular complexity index is 1010. The zero-order valence-electron chi connectivity index (χ0n) is 15.4. The molecule has 0 spiro atoms. The maximum Gasteiger partial charge on any atom is 0.573 e. The highest BCUT2D eigenvalue weighted by Gasteiger charge is 2.31. The van der Waals surface area contributed by atoms with Gasteiger partial charge in [0.25, 0.3) is 0 Å². The number of sulfone groups is 1. The monoisotopic (exact) mass is 442 g/mol. The van der Waals surface area contributed by atoms with Gasteiger partial charge in [0.2, 0.25) is 5.91 Å². The first-order chi connectivity index (χ1) is 14.0. The fourth-order valence-electron chi connectivity index (χ4n) is 2.45. The van der Waals surface area contributed by atoms with Gasteiger partial charge in [-0.15, -0.1) is 13.2 Å². The predicted octanol–water partition coefficient (Wildman–Crippen LogP) is 2.22. The number of carbonyl (C=O) groups excluding carboxylic acids is 1. The van der Waals surface area contributed by atoms with Crippen molar-refractivity contribution in [2.24, 2.45) is 0 Å². The molecule has 1 amide bonds. The number of aliphatic hydroxyl groups excluding tert-OH is 1. The van der Waals surface area contributed by atoms with Crippen LogP contribution >= 0.6 is 0 Å². The Morgan fingerprint density at radius 3 is 2.27 bits per heavy atom. The Hall–Kier alpha value is -3.10. The molecule has 0 saturated carbocycles. The van der Waals surface area contributed by atoms with Crippen LogP contribution in [-0.4, -0.2) is 38.1 Å². The summed E-state index contributed by atoms with van der Waals surface area (Å²) in [7, 11) is -3.79. The largest absolute Gasteiger partial charge is 0.573 e. The van der Waals surface area contributed by atoms with Crippen LogP contribution < -0.4 is 10.1 Å². The molecule has 7 nitrogen and oxygen atoms in total. The highest BCUT2D eigenvalue weighted by Crippen LogP contribution is 2.24. The van der Waals surface area contributed by atoms with Crippen molar-refractivity contribution in [3.05, 3.63) is 65.2 Å². The minimum absolute atomic E-state index is 0.213. The predicted molar refractivity (Wildman–Crippen MR) is 99.7 cm³/mol. The third kappa shape index (κ3) is 7.73. The minimum Gasteiger partial charge on any atom is -0.406 e. The van der Waals surface area contributed by atoms with Crippen molar-refractivity contribution in [2.75, 3.05) is 12.3 Å². The molecule has 11 heteroatoms. The van der Waals surface area contributed by atoms with Gasteiger partial charge in [0.15, 0.2) is 9.84 Å². The number of carbonyl (C=O) groups is 1. The normalized spacial score (nSPS) is 12.6. The van der Waals surface area contributed by atoms with Crippen LogP contribution in [0.15, 0.2) is 48.5 Å².